The minimum absolute atomic E-state index is 0.0752. The summed E-state index contributed by atoms with van der Waals surface area (Å²) in [6.45, 7) is 24.2. The Hall–Kier alpha value is -1.63. The molecule has 0 aliphatic carbocycles. The van der Waals surface area contributed by atoms with Crippen LogP contribution in [0.1, 0.15) is 98.6 Å². The van der Waals surface area contributed by atoms with Crippen molar-refractivity contribution in [3.63, 3.8) is 0 Å². The van der Waals surface area contributed by atoms with Crippen molar-refractivity contribution < 1.29 is 0 Å². The summed E-state index contributed by atoms with van der Waals surface area (Å²) < 4.78 is 0. The first-order chi connectivity index (χ1) is 13.2. The Morgan fingerprint density at radius 1 is 0.655 bits per heavy atom. The topological polar surface area (TPSA) is 12.9 Å². The SMILES string of the molecule is CC(C)(C)CC(c1ccncc1)C(C)(C)C(C)(C)C(c1ccccc1)C(C)(C)C. The second kappa shape index (κ2) is 8.25. The van der Waals surface area contributed by atoms with Crippen LogP contribution in [0.4, 0.5) is 0 Å². The molecule has 0 aliphatic rings. The van der Waals surface area contributed by atoms with Crippen LogP contribution in [-0.2, 0) is 0 Å². The van der Waals surface area contributed by atoms with Crippen LogP contribution in [-0.4, -0.2) is 4.98 Å². The van der Waals surface area contributed by atoms with Gasteiger partial charge in [0.25, 0.3) is 0 Å². The van der Waals surface area contributed by atoms with E-state index in [1.54, 1.807) is 0 Å². The molecular formula is C28H43N. The molecule has 0 aliphatic heterocycles. The molecule has 0 saturated carbocycles. The van der Waals surface area contributed by atoms with Crippen molar-refractivity contribution in [2.75, 3.05) is 0 Å². The van der Waals surface area contributed by atoms with E-state index in [0.29, 0.717) is 11.8 Å². The molecule has 29 heavy (non-hydrogen) atoms. The van der Waals surface area contributed by atoms with Crippen LogP contribution in [0, 0.1) is 21.7 Å². The Kier molecular flexibility index (Phi) is 6.72. The van der Waals surface area contributed by atoms with Gasteiger partial charge in [-0.3, -0.25) is 4.98 Å². The van der Waals surface area contributed by atoms with Crippen LogP contribution in [0.3, 0.4) is 0 Å². The van der Waals surface area contributed by atoms with Crippen LogP contribution in [0.25, 0.3) is 0 Å². The summed E-state index contributed by atoms with van der Waals surface area (Å²) in [5.74, 6) is 0.893. The zero-order valence-corrected chi connectivity index (χ0v) is 20.5. The van der Waals surface area contributed by atoms with E-state index < -0.39 is 0 Å². The maximum atomic E-state index is 4.29. The molecule has 0 radical (unpaired) electrons. The van der Waals surface area contributed by atoms with E-state index in [0.717, 1.165) is 6.42 Å². The van der Waals surface area contributed by atoms with E-state index in [9.17, 15) is 0 Å². The highest BCUT2D eigenvalue weighted by atomic mass is 14.6. The lowest BCUT2D eigenvalue weighted by Gasteiger charge is -2.56. The van der Waals surface area contributed by atoms with E-state index in [1.165, 1.54) is 11.1 Å². The number of hydrogen-bond acceptors (Lipinski definition) is 1. The summed E-state index contributed by atoms with van der Waals surface area (Å²) in [5, 5.41) is 0. The maximum Gasteiger partial charge on any atom is 0.0270 e. The molecule has 1 heterocycles. The minimum atomic E-state index is 0.0752. The van der Waals surface area contributed by atoms with E-state index in [1.807, 2.05) is 12.4 Å². The standard InChI is InChI=1S/C28H43N/c1-25(2,3)20-23(21-16-18-29-19-17-21)27(7,8)28(9,10)24(26(4,5)6)22-14-12-11-13-15-22/h11-19,23-24H,20H2,1-10H3. The number of pyridine rings is 1. The predicted octanol–water partition coefficient (Wildman–Crippen LogP) is 8.48. The third-order valence-corrected chi connectivity index (χ3v) is 7.18. The summed E-state index contributed by atoms with van der Waals surface area (Å²) in [6, 6.07) is 15.6. The number of hydrogen-bond donors (Lipinski definition) is 0. The molecular weight excluding hydrogens is 350 g/mol. The van der Waals surface area contributed by atoms with Crippen LogP contribution in [0.15, 0.2) is 54.9 Å². The lowest BCUT2D eigenvalue weighted by Crippen LogP contribution is -2.46. The molecule has 2 rings (SSSR count). The van der Waals surface area contributed by atoms with Gasteiger partial charge in [0.1, 0.15) is 0 Å². The predicted molar refractivity (Wildman–Crippen MR) is 127 cm³/mol. The molecule has 2 aromatic rings. The molecule has 0 fully saturated rings. The zero-order chi connectivity index (χ0) is 22.1. The average Bonchev–Trinajstić information content (AvgIpc) is 2.59. The highest BCUT2D eigenvalue weighted by molar-refractivity contribution is 5.28. The number of benzene rings is 1. The molecule has 1 aromatic heterocycles. The third-order valence-electron chi connectivity index (χ3n) is 7.18. The van der Waals surface area contributed by atoms with Crippen molar-refractivity contribution in [3.8, 4) is 0 Å². The second-order valence-electron chi connectivity index (χ2n) is 12.3. The van der Waals surface area contributed by atoms with Crippen molar-refractivity contribution in [1.29, 1.82) is 0 Å². The first-order valence-corrected chi connectivity index (χ1v) is 11.1. The Morgan fingerprint density at radius 3 is 1.62 bits per heavy atom. The van der Waals surface area contributed by atoms with Crippen molar-refractivity contribution >= 4 is 0 Å². The van der Waals surface area contributed by atoms with Gasteiger partial charge in [-0.05, 0) is 63.2 Å². The maximum absolute atomic E-state index is 4.29. The zero-order valence-electron chi connectivity index (χ0n) is 20.5. The fraction of sp³-hybridized carbons (Fsp3) is 0.607. The summed E-state index contributed by atoms with van der Waals surface area (Å²) in [6.07, 6.45) is 5.05. The van der Waals surface area contributed by atoms with Gasteiger partial charge in [0, 0.05) is 12.4 Å². The molecule has 1 nitrogen and oxygen atoms in total. The van der Waals surface area contributed by atoms with E-state index in [-0.39, 0.29) is 21.7 Å². The minimum Gasteiger partial charge on any atom is -0.265 e. The summed E-state index contributed by atoms with van der Waals surface area (Å²) in [4.78, 5) is 4.29. The second-order valence-corrected chi connectivity index (χ2v) is 12.3. The molecule has 0 amide bonds. The Bertz CT molecular complexity index is 757. The highest BCUT2D eigenvalue weighted by Gasteiger charge is 2.52. The van der Waals surface area contributed by atoms with Crippen LogP contribution < -0.4 is 0 Å². The van der Waals surface area contributed by atoms with Gasteiger partial charge in [0.05, 0.1) is 0 Å². The Morgan fingerprint density at radius 2 is 1.17 bits per heavy atom. The Labute approximate surface area is 180 Å². The monoisotopic (exact) mass is 393 g/mol. The van der Waals surface area contributed by atoms with Gasteiger partial charge in [-0.15, -0.1) is 0 Å². The van der Waals surface area contributed by atoms with Gasteiger partial charge in [0.15, 0.2) is 0 Å². The molecule has 2 atom stereocenters. The van der Waals surface area contributed by atoms with Crippen LogP contribution >= 0.6 is 0 Å². The molecule has 0 N–H and O–H groups in total. The molecule has 0 saturated heterocycles. The third kappa shape index (κ3) is 5.30. The van der Waals surface area contributed by atoms with Crippen LogP contribution in [0.5, 0.6) is 0 Å². The Balaban J connectivity index is 2.63. The number of rotatable bonds is 6. The molecule has 0 spiro atoms. The van der Waals surface area contributed by atoms with Crippen LogP contribution in [0.2, 0.25) is 0 Å². The molecule has 1 aromatic carbocycles. The van der Waals surface area contributed by atoms with Crippen molar-refractivity contribution in [3.05, 3.63) is 66.0 Å². The fourth-order valence-electron chi connectivity index (χ4n) is 5.46. The van der Waals surface area contributed by atoms with Gasteiger partial charge < -0.3 is 0 Å². The largest absolute Gasteiger partial charge is 0.265 e. The number of nitrogens with zero attached hydrogens (tertiary/aromatic N) is 1. The first kappa shape index (κ1) is 23.6. The molecule has 160 valence electrons. The highest BCUT2D eigenvalue weighted by Crippen LogP contribution is 2.61. The van der Waals surface area contributed by atoms with Gasteiger partial charge in [-0.2, -0.15) is 0 Å². The lowest BCUT2D eigenvalue weighted by molar-refractivity contribution is -0.00425. The van der Waals surface area contributed by atoms with E-state index >= 15 is 0 Å². The average molecular weight is 394 g/mol. The molecule has 1 heteroatoms. The molecule has 2 unspecified atom stereocenters. The smallest absolute Gasteiger partial charge is 0.0270 e. The summed E-state index contributed by atoms with van der Waals surface area (Å²) in [5.41, 5.74) is 3.43. The van der Waals surface area contributed by atoms with E-state index in [4.69, 9.17) is 0 Å². The van der Waals surface area contributed by atoms with Gasteiger partial charge in [-0.1, -0.05) is 99.6 Å². The van der Waals surface area contributed by atoms with Gasteiger partial charge in [-0.25, -0.2) is 0 Å². The van der Waals surface area contributed by atoms with E-state index in [2.05, 4.69) is 117 Å². The quantitative estimate of drug-likeness (QED) is 0.479. The lowest BCUT2D eigenvalue weighted by atomic mass is 9.48. The normalized spacial score (nSPS) is 15.8. The number of aromatic nitrogens is 1. The first-order valence-electron chi connectivity index (χ1n) is 11.1. The van der Waals surface area contributed by atoms with Crippen molar-refractivity contribution in [2.24, 2.45) is 21.7 Å². The fourth-order valence-corrected chi connectivity index (χ4v) is 5.46. The molecule has 0 bridgehead atoms. The summed E-state index contributed by atoms with van der Waals surface area (Å²) >= 11 is 0. The van der Waals surface area contributed by atoms with Gasteiger partial charge in [0.2, 0.25) is 0 Å². The van der Waals surface area contributed by atoms with Gasteiger partial charge >= 0.3 is 0 Å². The van der Waals surface area contributed by atoms with Crippen molar-refractivity contribution in [1.82, 2.24) is 4.98 Å². The summed E-state index contributed by atoms with van der Waals surface area (Å²) in [7, 11) is 0. The van der Waals surface area contributed by atoms with Crippen molar-refractivity contribution in [2.45, 2.75) is 87.5 Å².